The lowest BCUT2D eigenvalue weighted by Crippen LogP contribution is -2.15. The first kappa shape index (κ1) is 15.5. The average molecular weight is 321 g/mol. The molecule has 0 aromatic heterocycles. The summed E-state index contributed by atoms with van der Waals surface area (Å²) in [6, 6.07) is 9.27. The molecule has 0 aliphatic rings. The number of rotatable bonds is 4. The Morgan fingerprint density at radius 1 is 1.14 bits per heavy atom. The largest absolute Gasteiger partial charge is 0.478 e. The molecule has 0 heterocycles. The highest BCUT2D eigenvalue weighted by Crippen LogP contribution is 2.24. The van der Waals surface area contributed by atoms with Gasteiger partial charge in [-0.2, -0.15) is 0 Å². The van der Waals surface area contributed by atoms with Crippen LogP contribution in [0.25, 0.3) is 0 Å². The average Bonchev–Trinajstić information content (AvgIpc) is 2.47. The summed E-state index contributed by atoms with van der Waals surface area (Å²) in [5.41, 5.74) is -0.205. The van der Waals surface area contributed by atoms with E-state index >= 15 is 0 Å². The fourth-order valence-electron chi connectivity index (χ4n) is 1.77. The second kappa shape index (κ2) is 6.23. The van der Waals surface area contributed by atoms with Crippen molar-refractivity contribution in [1.82, 2.24) is 0 Å². The summed E-state index contributed by atoms with van der Waals surface area (Å²) >= 11 is 5.86. The van der Waals surface area contributed by atoms with Crippen LogP contribution in [0.5, 0.6) is 0 Å². The third kappa shape index (κ3) is 3.21. The van der Waals surface area contributed by atoms with Crippen LogP contribution in [0.3, 0.4) is 0 Å². The van der Waals surface area contributed by atoms with Crippen LogP contribution in [-0.4, -0.2) is 21.9 Å². The molecule has 2 aromatic carbocycles. The Balaban J connectivity index is 2.31. The zero-order valence-corrected chi connectivity index (χ0v) is 11.7. The molecule has 112 valence electrons. The number of benzene rings is 2. The maximum Gasteiger partial charge on any atom is 0.337 e. The smallest absolute Gasteiger partial charge is 0.337 e. The number of nitro benzene ring substituents is 1. The number of hydrogen-bond acceptors (Lipinski definition) is 4. The number of hydrogen-bond donors (Lipinski definition) is 2. The minimum Gasteiger partial charge on any atom is -0.478 e. The van der Waals surface area contributed by atoms with Crippen LogP contribution in [0.2, 0.25) is 5.02 Å². The van der Waals surface area contributed by atoms with E-state index in [1.54, 1.807) is 6.07 Å². The number of non-ortho nitro benzene ring substituents is 1. The van der Waals surface area contributed by atoms with Gasteiger partial charge in [-0.3, -0.25) is 14.9 Å². The number of amides is 1. The van der Waals surface area contributed by atoms with Gasteiger partial charge < -0.3 is 10.4 Å². The molecular weight excluding hydrogens is 312 g/mol. The molecule has 1 amide bonds. The summed E-state index contributed by atoms with van der Waals surface area (Å²) in [7, 11) is 0. The van der Waals surface area contributed by atoms with Crippen LogP contribution in [0, 0.1) is 10.1 Å². The second-order valence-electron chi connectivity index (χ2n) is 4.23. The fraction of sp³-hybridized carbons (Fsp3) is 0. The van der Waals surface area contributed by atoms with Gasteiger partial charge in [0.25, 0.3) is 11.6 Å². The molecule has 0 aliphatic carbocycles. The SMILES string of the molecule is O=C(Nc1ccccc1C(=O)O)c1ccc([N+](=O)[O-])cc1Cl. The molecular formula is C14H9ClN2O5. The Hall–Kier alpha value is -2.93. The molecule has 2 N–H and O–H groups in total. The third-order valence-corrected chi connectivity index (χ3v) is 3.13. The number of halogens is 1. The molecule has 0 radical (unpaired) electrons. The highest BCUT2D eigenvalue weighted by molar-refractivity contribution is 6.34. The fourth-order valence-corrected chi connectivity index (χ4v) is 2.03. The van der Waals surface area contributed by atoms with E-state index in [4.69, 9.17) is 16.7 Å². The van der Waals surface area contributed by atoms with Gasteiger partial charge in [0.2, 0.25) is 0 Å². The predicted octanol–water partition coefficient (Wildman–Crippen LogP) is 3.20. The van der Waals surface area contributed by atoms with Crippen molar-refractivity contribution in [1.29, 1.82) is 0 Å². The zero-order chi connectivity index (χ0) is 16.3. The van der Waals surface area contributed by atoms with Crippen molar-refractivity contribution >= 4 is 34.9 Å². The van der Waals surface area contributed by atoms with E-state index in [1.807, 2.05) is 0 Å². The number of nitro groups is 1. The van der Waals surface area contributed by atoms with Crippen molar-refractivity contribution in [2.45, 2.75) is 0 Å². The molecule has 0 fully saturated rings. The first-order chi connectivity index (χ1) is 10.4. The summed E-state index contributed by atoms with van der Waals surface area (Å²) < 4.78 is 0. The topological polar surface area (TPSA) is 110 Å². The van der Waals surface area contributed by atoms with Gasteiger partial charge in [0.1, 0.15) is 0 Å². The number of para-hydroxylation sites is 1. The molecule has 0 unspecified atom stereocenters. The summed E-state index contributed by atoms with van der Waals surface area (Å²) in [5.74, 6) is -1.85. The monoisotopic (exact) mass is 320 g/mol. The summed E-state index contributed by atoms with van der Waals surface area (Å²) in [6.07, 6.45) is 0. The van der Waals surface area contributed by atoms with Crippen LogP contribution in [0.4, 0.5) is 11.4 Å². The standard InChI is InChI=1S/C14H9ClN2O5/c15-11-7-8(17(21)22)5-6-9(11)13(18)16-12-4-2-1-3-10(12)14(19)20/h1-7H,(H,16,18)(H,19,20). The second-order valence-corrected chi connectivity index (χ2v) is 4.63. The molecule has 7 nitrogen and oxygen atoms in total. The van der Waals surface area contributed by atoms with E-state index in [9.17, 15) is 19.7 Å². The van der Waals surface area contributed by atoms with E-state index in [0.29, 0.717) is 0 Å². The Bertz CT molecular complexity index is 776. The number of aromatic carboxylic acids is 1. The van der Waals surface area contributed by atoms with Crippen LogP contribution in [-0.2, 0) is 0 Å². The maximum atomic E-state index is 12.1. The molecule has 0 saturated carbocycles. The Morgan fingerprint density at radius 3 is 2.41 bits per heavy atom. The molecule has 0 atom stereocenters. The first-order valence-electron chi connectivity index (χ1n) is 5.97. The highest BCUT2D eigenvalue weighted by Gasteiger charge is 2.17. The number of carboxylic acids is 1. The highest BCUT2D eigenvalue weighted by atomic mass is 35.5. The Kier molecular flexibility index (Phi) is 4.38. The van der Waals surface area contributed by atoms with Crippen molar-refractivity contribution in [2.24, 2.45) is 0 Å². The van der Waals surface area contributed by atoms with Gasteiger partial charge in [-0.15, -0.1) is 0 Å². The quantitative estimate of drug-likeness (QED) is 0.664. The lowest BCUT2D eigenvalue weighted by Gasteiger charge is -2.09. The Labute approximate surface area is 129 Å². The van der Waals surface area contributed by atoms with E-state index < -0.39 is 16.8 Å². The molecule has 22 heavy (non-hydrogen) atoms. The minimum absolute atomic E-state index is 0.00691. The zero-order valence-electron chi connectivity index (χ0n) is 10.9. The maximum absolute atomic E-state index is 12.1. The normalized spacial score (nSPS) is 10.0. The molecule has 0 bridgehead atoms. The molecule has 0 aliphatic heterocycles. The summed E-state index contributed by atoms with van der Waals surface area (Å²) in [6.45, 7) is 0. The van der Waals surface area contributed by atoms with Crippen molar-refractivity contribution in [3.63, 3.8) is 0 Å². The van der Waals surface area contributed by atoms with Crippen molar-refractivity contribution in [3.05, 3.63) is 68.7 Å². The van der Waals surface area contributed by atoms with Crippen LogP contribution < -0.4 is 5.32 Å². The van der Waals surface area contributed by atoms with Gasteiger partial charge in [-0.05, 0) is 18.2 Å². The van der Waals surface area contributed by atoms with Crippen molar-refractivity contribution in [2.75, 3.05) is 5.32 Å². The molecule has 0 spiro atoms. The first-order valence-corrected chi connectivity index (χ1v) is 6.35. The van der Waals surface area contributed by atoms with Crippen LogP contribution in [0.1, 0.15) is 20.7 Å². The summed E-state index contributed by atoms with van der Waals surface area (Å²) in [5, 5.41) is 22.0. The van der Waals surface area contributed by atoms with Gasteiger partial charge in [0.05, 0.1) is 26.8 Å². The Morgan fingerprint density at radius 2 is 1.82 bits per heavy atom. The number of nitrogens with zero attached hydrogens (tertiary/aromatic N) is 1. The minimum atomic E-state index is -1.19. The number of anilines is 1. The number of carbonyl (C=O) groups excluding carboxylic acids is 1. The van der Waals surface area contributed by atoms with Gasteiger partial charge in [0, 0.05) is 12.1 Å². The van der Waals surface area contributed by atoms with E-state index in [1.165, 1.54) is 24.3 Å². The number of carbonyl (C=O) groups is 2. The van der Waals surface area contributed by atoms with Gasteiger partial charge in [-0.1, -0.05) is 23.7 Å². The lowest BCUT2D eigenvalue weighted by atomic mass is 10.1. The van der Waals surface area contributed by atoms with Gasteiger partial charge in [-0.25, -0.2) is 4.79 Å². The molecule has 2 aromatic rings. The predicted molar refractivity (Wildman–Crippen MR) is 79.5 cm³/mol. The van der Waals surface area contributed by atoms with E-state index in [-0.39, 0.29) is 27.5 Å². The van der Waals surface area contributed by atoms with E-state index in [0.717, 1.165) is 12.1 Å². The van der Waals surface area contributed by atoms with Gasteiger partial charge >= 0.3 is 5.97 Å². The third-order valence-electron chi connectivity index (χ3n) is 2.81. The van der Waals surface area contributed by atoms with Crippen molar-refractivity contribution < 1.29 is 19.6 Å². The van der Waals surface area contributed by atoms with Crippen molar-refractivity contribution in [3.8, 4) is 0 Å². The molecule has 8 heteroatoms. The number of carboxylic acid groups (broad SMARTS) is 1. The number of nitrogens with one attached hydrogen (secondary N) is 1. The van der Waals surface area contributed by atoms with Crippen LogP contribution in [0.15, 0.2) is 42.5 Å². The van der Waals surface area contributed by atoms with Crippen LogP contribution >= 0.6 is 11.6 Å². The lowest BCUT2D eigenvalue weighted by molar-refractivity contribution is -0.384. The van der Waals surface area contributed by atoms with E-state index in [2.05, 4.69) is 5.32 Å². The summed E-state index contributed by atoms with van der Waals surface area (Å²) in [4.78, 5) is 33.2. The molecule has 2 rings (SSSR count). The molecule has 0 saturated heterocycles. The van der Waals surface area contributed by atoms with Gasteiger partial charge in [0.15, 0.2) is 0 Å².